The molecule has 1 amide bonds. The normalized spacial score (nSPS) is 18.4. The summed E-state index contributed by atoms with van der Waals surface area (Å²) in [4.78, 5) is 14.4. The first kappa shape index (κ1) is 15.0. The van der Waals surface area contributed by atoms with Gasteiger partial charge in [0.25, 0.3) is 0 Å². The van der Waals surface area contributed by atoms with E-state index in [-0.39, 0.29) is 11.9 Å². The molecule has 110 valence electrons. The van der Waals surface area contributed by atoms with Crippen LogP contribution in [-0.2, 0) is 11.3 Å². The lowest BCUT2D eigenvalue weighted by atomic mass is 10.0. The second-order valence-electron chi connectivity index (χ2n) is 6.00. The van der Waals surface area contributed by atoms with E-state index in [2.05, 4.69) is 31.3 Å². The van der Waals surface area contributed by atoms with Gasteiger partial charge in [-0.2, -0.15) is 0 Å². The largest absolute Gasteiger partial charge is 0.336 e. The summed E-state index contributed by atoms with van der Waals surface area (Å²) in [5, 5.41) is 3.36. The summed E-state index contributed by atoms with van der Waals surface area (Å²) in [6.45, 7) is 7.10. The van der Waals surface area contributed by atoms with Gasteiger partial charge in [-0.25, -0.2) is 0 Å². The summed E-state index contributed by atoms with van der Waals surface area (Å²) < 4.78 is 0. The maximum Gasteiger partial charge on any atom is 0.223 e. The number of carbonyl (C=O) groups excluding carboxylic acids is 1. The van der Waals surface area contributed by atoms with Crippen LogP contribution >= 0.6 is 0 Å². The van der Waals surface area contributed by atoms with E-state index in [1.165, 1.54) is 12.0 Å². The van der Waals surface area contributed by atoms with Gasteiger partial charge < -0.3 is 10.2 Å². The molecule has 0 bridgehead atoms. The van der Waals surface area contributed by atoms with E-state index in [1.807, 2.05) is 23.1 Å². The third-order valence-electron chi connectivity index (χ3n) is 4.07. The first-order chi connectivity index (χ1) is 9.66. The molecular formula is C17H26N2O. The molecule has 0 saturated carbocycles. The van der Waals surface area contributed by atoms with E-state index in [0.29, 0.717) is 12.3 Å². The molecule has 0 aromatic heterocycles. The highest BCUT2D eigenvalue weighted by Crippen LogP contribution is 2.17. The highest BCUT2D eigenvalue weighted by Gasteiger charge is 2.20. The molecule has 0 aliphatic carbocycles. The highest BCUT2D eigenvalue weighted by atomic mass is 16.2. The maximum absolute atomic E-state index is 12.5. The average molecular weight is 274 g/mol. The Morgan fingerprint density at radius 2 is 2.10 bits per heavy atom. The number of nitrogens with one attached hydrogen (secondary N) is 1. The Morgan fingerprint density at radius 3 is 2.70 bits per heavy atom. The van der Waals surface area contributed by atoms with Gasteiger partial charge in [-0.3, -0.25) is 4.79 Å². The van der Waals surface area contributed by atoms with Crippen molar-refractivity contribution in [1.29, 1.82) is 0 Å². The predicted octanol–water partition coefficient (Wildman–Crippen LogP) is 2.81. The van der Waals surface area contributed by atoms with Crippen molar-refractivity contribution >= 4 is 5.91 Å². The number of carbonyl (C=O) groups is 1. The highest BCUT2D eigenvalue weighted by molar-refractivity contribution is 5.76. The molecule has 1 N–H and O–H groups in total. The summed E-state index contributed by atoms with van der Waals surface area (Å²) in [5.74, 6) is 0.973. The van der Waals surface area contributed by atoms with Crippen molar-refractivity contribution in [3.8, 4) is 0 Å². The molecule has 1 aliphatic heterocycles. The van der Waals surface area contributed by atoms with Gasteiger partial charge in [0.15, 0.2) is 0 Å². The average Bonchev–Trinajstić information content (AvgIpc) is 2.96. The third kappa shape index (κ3) is 4.34. The number of hydrogen-bond acceptors (Lipinski definition) is 2. The predicted molar refractivity (Wildman–Crippen MR) is 82.3 cm³/mol. The molecule has 3 heteroatoms. The van der Waals surface area contributed by atoms with Crippen LogP contribution in [0.3, 0.4) is 0 Å². The van der Waals surface area contributed by atoms with Gasteiger partial charge in [0.1, 0.15) is 0 Å². The number of hydrogen-bond donors (Lipinski definition) is 1. The fourth-order valence-electron chi connectivity index (χ4n) is 2.77. The first-order valence-electron chi connectivity index (χ1n) is 7.71. The SMILES string of the molecule is CC(C)N(Cc1ccccc1)C(=O)CCC1CCNC1. The Kier molecular flexibility index (Phi) is 5.60. The Labute approximate surface area is 122 Å². The lowest BCUT2D eigenvalue weighted by Crippen LogP contribution is -2.36. The minimum atomic E-state index is 0.254. The number of amides is 1. The Morgan fingerprint density at radius 1 is 1.35 bits per heavy atom. The molecule has 1 aromatic rings. The zero-order valence-corrected chi connectivity index (χ0v) is 12.6. The molecule has 20 heavy (non-hydrogen) atoms. The minimum Gasteiger partial charge on any atom is -0.336 e. The van der Waals surface area contributed by atoms with E-state index in [9.17, 15) is 4.79 Å². The van der Waals surface area contributed by atoms with Gasteiger partial charge >= 0.3 is 0 Å². The van der Waals surface area contributed by atoms with Crippen molar-refractivity contribution in [3.05, 3.63) is 35.9 Å². The number of nitrogens with zero attached hydrogens (tertiary/aromatic N) is 1. The molecular weight excluding hydrogens is 248 g/mol. The van der Waals surface area contributed by atoms with E-state index >= 15 is 0 Å². The van der Waals surface area contributed by atoms with E-state index in [4.69, 9.17) is 0 Å². The zero-order valence-electron chi connectivity index (χ0n) is 12.6. The molecule has 1 atom stereocenters. The van der Waals surface area contributed by atoms with E-state index in [0.717, 1.165) is 26.1 Å². The first-order valence-corrected chi connectivity index (χ1v) is 7.71. The summed E-state index contributed by atoms with van der Waals surface area (Å²) >= 11 is 0. The van der Waals surface area contributed by atoms with Crippen molar-refractivity contribution in [3.63, 3.8) is 0 Å². The Balaban J connectivity index is 1.88. The van der Waals surface area contributed by atoms with Crippen LogP contribution in [0.5, 0.6) is 0 Å². The maximum atomic E-state index is 12.5. The topological polar surface area (TPSA) is 32.3 Å². The summed E-state index contributed by atoms with van der Waals surface area (Å²) in [5.41, 5.74) is 1.21. The fourth-order valence-corrected chi connectivity index (χ4v) is 2.77. The van der Waals surface area contributed by atoms with Crippen molar-refractivity contribution in [2.24, 2.45) is 5.92 Å². The van der Waals surface area contributed by atoms with Crippen LogP contribution < -0.4 is 5.32 Å². The van der Waals surface area contributed by atoms with E-state index < -0.39 is 0 Å². The summed E-state index contributed by atoms with van der Waals surface area (Å²) in [7, 11) is 0. The van der Waals surface area contributed by atoms with Gasteiger partial charge in [0, 0.05) is 19.0 Å². The van der Waals surface area contributed by atoms with Crippen molar-refractivity contribution in [2.75, 3.05) is 13.1 Å². The van der Waals surface area contributed by atoms with Gasteiger partial charge in [-0.05, 0) is 51.3 Å². The molecule has 1 saturated heterocycles. The zero-order chi connectivity index (χ0) is 14.4. The standard InChI is InChI=1S/C17H26N2O/c1-14(2)19(13-16-6-4-3-5-7-16)17(20)9-8-15-10-11-18-12-15/h3-7,14-15,18H,8-13H2,1-2H3. The second-order valence-corrected chi connectivity index (χ2v) is 6.00. The van der Waals surface area contributed by atoms with Gasteiger partial charge in [-0.15, -0.1) is 0 Å². The van der Waals surface area contributed by atoms with Crippen LogP contribution in [-0.4, -0.2) is 29.9 Å². The van der Waals surface area contributed by atoms with Crippen LogP contribution in [0.2, 0.25) is 0 Å². The fraction of sp³-hybridized carbons (Fsp3) is 0.588. The summed E-state index contributed by atoms with van der Waals surface area (Å²) in [6, 6.07) is 10.5. The molecule has 1 fully saturated rings. The molecule has 1 aliphatic rings. The Hall–Kier alpha value is -1.35. The van der Waals surface area contributed by atoms with Crippen LogP contribution in [0.1, 0.15) is 38.7 Å². The third-order valence-corrected chi connectivity index (χ3v) is 4.07. The monoisotopic (exact) mass is 274 g/mol. The second kappa shape index (κ2) is 7.44. The van der Waals surface area contributed by atoms with Gasteiger partial charge in [0.05, 0.1) is 0 Å². The van der Waals surface area contributed by atoms with Crippen molar-refractivity contribution < 1.29 is 4.79 Å². The number of rotatable bonds is 6. The quantitative estimate of drug-likeness (QED) is 0.865. The molecule has 1 heterocycles. The summed E-state index contributed by atoms with van der Waals surface area (Å²) in [6.07, 6.45) is 2.91. The lowest BCUT2D eigenvalue weighted by Gasteiger charge is -2.27. The van der Waals surface area contributed by atoms with Crippen LogP contribution in [0.15, 0.2) is 30.3 Å². The molecule has 0 radical (unpaired) electrons. The molecule has 3 nitrogen and oxygen atoms in total. The van der Waals surface area contributed by atoms with Gasteiger partial charge in [-0.1, -0.05) is 30.3 Å². The number of benzene rings is 1. The molecule has 2 rings (SSSR count). The smallest absolute Gasteiger partial charge is 0.223 e. The molecule has 1 unspecified atom stereocenters. The molecule has 1 aromatic carbocycles. The lowest BCUT2D eigenvalue weighted by molar-refractivity contribution is -0.133. The minimum absolute atomic E-state index is 0.254. The molecule has 0 spiro atoms. The van der Waals surface area contributed by atoms with Gasteiger partial charge in [0.2, 0.25) is 5.91 Å². The Bertz CT molecular complexity index is 410. The van der Waals surface area contributed by atoms with E-state index in [1.54, 1.807) is 0 Å². The van der Waals surface area contributed by atoms with Crippen LogP contribution in [0.4, 0.5) is 0 Å². The van der Waals surface area contributed by atoms with Crippen LogP contribution in [0.25, 0.3) is 0 Å². The van der Waals surface area contributed by atoms with Crippen molar-refractivity contribution in [1.82, 2.24) is 10.2 Å². The van der Waals surface area contributed by atoms with Crippen LogP contribution in [0, 0.1) is 5.92 Å². The van der Waals surface area contributed by atoms with Crippen molar-refractivity contribution in [2.45, 2.75) is 45.7 Å².